The van der Waals surface area contributed by atoms with Crippen molar-refractivity contribution in [2.24, 2.45) is 10.5 Å². The summed E-state index contributed by atoms with van der Waals surface area (Å²) in [5.41, 5.74) is 3.99. The van der Waals surface area contributed by atoms with Crippen LogP contribution in [0.2, 0.25) is 0 Å². The Balaban J connectivity index is 1.94. The lowest BCUT2D eigenvalue weighted by Crippen LogP contribution is -2.32. The Morgan fingerprint density at radius 3 is 1.88 bits per heavy atom. The van der Waals surface area contributed by atoms with Crippen molar-refractivity contribution in [1.82, 2.24) is 4.78 Å². The van der Waals surface area contributed by atoms with Crippen LogP contribution in [0.4, 0.5) is 0 Å². The minimum atomic E-state index is -0.725. The van der Waals surface area contributed by atoms with Crippen molar-refractivity contribution in [3.05, 3.63) is 71.8 Å². The molecule has 0 radical (unpaired) electrons. The Morgan fingerprint density at radius 2 is 1.48 bits per heavy atom. The maximum absolute atomic E-state index is 12.3. The fraction of sp³-hybridized carbons (Fsp3) is 0.333. The molecule has 4 heteroatoms. The van der Waals surface area contributed by atoms with Gasteiger partial charge < -0.3 is 0 Å². The number of hydrogen-bond donors (Lipinski definition) is 0. The van der Waals surface area contributed by atoms with Crippen LogP contribution in [0.5, 0.6) is 0 Å². The minimum Gasteiger partial charge on any atom is -0.273 e. The van der Waals surface area contributed by atoms with Gasteiger partial charge in [0.2, 0.25) is 5.91 Å². The van der Waals surface area contributed by atoms with E-state index in [4.69, 9.17) is 5.10 Å². The van der Waals surface area contributed by atoms with Gasteiger partial charge in [-0.1, -0.05) is 81.4 Å². The second kappa shape index (κ2) is 5.51. The van der Waals surface area contributed by atoms with Crippen molar-refractivity contribution in [2.45, 2.75) is 38.5 Å². The van der Waals surface area contributed by atoms with Gasteiger partial charge in [0.1, 0.15) is 0 Å². The molecule has 2 unspecified atom stereocenters. The molecule has 0 spiro atoms. The molecule has 2 aromatic carbocycles. The van der Waals surface area contributed by atoms with E-state index in [2.05, 4.69) is 81.4 Å². The molecule has 4 rings (SSSR count). The standard InChI is InChI=1S/C21H23N2OP/c1-15(24)23-22-18(20(2,3)4)19-21(25(19)23,16-11-7-5-8-12-16)17-13-9-6-10-14-17/h5-14,19H,1-4H3. The number of hydrogen-bond acceptors (Lipinski definition) is 2. The molecular weight excluding hydrogens is 327 g/mol. The van der Waals surface area contributed by atoms with Crippen LogP contribution in [0.3, 0.4) is 0 Å². The number of hydrazone groups is 1. The fourth-order valence-corrected chi connectivity index (χ4v) is 7.61. The number of nitrogens with zero attached hydrogens (tertiary/aromatic N) is 2. The van der Waals surface area contributed by atoms with Gasteiger partial charge in [-0.15, -0.1) is 0 Å². The van der Waals surface area contributed by atoms with Gasteiger partial charge in [0.25, 0.3) is 0 Å². The Hall–Kier alpha value is -1.99. The Bertz CT molecular complexity index is 800. The topological polar surface area (TPSA) is 32.7 Å². The molecule has 25 heavy (non-hydrogen) atoms. The lowest BCUT2D eigenvalue weighted by Gasteiger charge is -2.28. The molecule has 1 fully saturated rings. The summed E-state index contributed by atoms with van der Waals surface area (Å²) in [6.07, 6.45) is 0. The van der Waals surface area contributed by atoms with Crippen molar-refractivity contribution in [2.75, 3.05) is 0 Å². The molecule has 0 N–H and O–H groups in total. The Morgan fingerprint density at radius 1 is 1.00 bits per heavy atom. The SMILES string of the molecule is CC(=O)N1N=C(C(C)(C)C)C2P1C2(c1ccccc1)c1ccccc1. The number of fused-ring (bicyclic) bond motifs is 1. The van der Waals surface area contributed by atoms with Crippen LogP contribution in [0, 0.1) is 5.41 Å². The van der Waals surface area contributed by atoms with Gasteiger partial charge in [0, 0.05) is 20.4 Å². The normalized spacial score (nSPS) is 23.8. The number of carbonyl (C=O) groups excluding carboxylic acids is 1. The molecule has 0 saturated carbocycles. The molecule has 2 aliphatic rings. The summed E-state index contributed by atoms with van der Waals surface area (Å²) in [6.45, 7) is 8.22. The zero-order valence-electron chi connectivity index (χ0n) is 15.1. The first kappa shape index (κ1) is 16.5. The quantitative estimate of drug-likeness (QED) is 0.704. The van der Waals surface area contributed by atoms with E-state index < -0.39 is 8.07 Å². The summed E-state index contributed by atoms with van der Waals surface area (Å²) in [5, 5.41) is 4.63. The van der Waals surface area contributed by atoms with Crippen LogP contribution >= 0.6 is 8.07 Å². The van der Waals surface area contributed by atoms with E-state index in [-0.39, 0.29) is 16.5 Å². The molecule has 0 aromatic heterocycles. The third-order valence-electron chi connectivity index (χ3n) is 5.08. The molecule has 1 amide bonds. The lowest BCUT2D eigenvalue weighted by atomic mass is 9.79. The van der Waals surface area contributed by atoms with Gasteiger partial charge in [-0.25, -0.2) is 4.78 Å². The fourth-order valence-electron chi connectivity index (χ4n) is 3.97. The Labute approximate surface area is 150 Å². The van der Waals surface area contributed by atoms with Crippen molar-refractivity contribution in [3.63, 3.8) is 0 Å². The largest absolute Gasteiger partial charge is 0.273 e. The summed E-state index contributed by atoms with van der Waals surface area (Å²) < 4.78 is 1.79. The minimum absolute atomic E-state index is 0.0455. The summed E-state index contributed by atoms with van der Waals surface area (Å²) in [7, 11) is -0.725. The number of amides is 1. The van der Waals surface area contributed by atoms with Crippen LogP contribution in [-0.2, 0) is 9.95 Å². The number of rotatable bonds is 2. The third-order valence-corrected chi connectivity index (χ3v) is 8.20. The van der Waals surface area contributed by atoms with Crippen LogP contribution in [0.25, 0.3) is 0 Å². The van der Waals surface area contributed by atoms with Crippen LogP contribution in [0.1, 0.15) is 38.8 Å². The van der Waals surface area contributed by atoms with E-state index >= 15 is 0 Å². The highest BCUT2D eigenvalue weighted by atomic mass is 31.1. The molecule has 3 nitrogen and oxygen atoms in total. The first-order valence-corrected chi connectivity index (χ1v) is 10.0. The van der Waals surface area contributed by atoms with Gasteiger partial charge in [0.15, 0.2) is 0 Å². The van der Waals surface area contributed by atoms with Gasteiger partial charge >= 0.3 is 0 Å². The smallest absolute Gasteiger partial charge is 0.242 e. The van der Waals surface area contributed by atoms with Crippen LogP contribution in [-0.4, -0.2) is 22.1 Å². The van der Waals surface area contributed by atoms with E-state index in [1.807, 2.05) is 0 Å². The first-order chi connectivity index (χ1) is 11.9. The highest BCUT2D eigenvalue weighted by Crippen LogP contribution is 2.87. The van der Waals surface area contributed by atoms with E-state index in [1.54, 1.807) is 11.7 Å². The summed E-state index contributed by atoms with van der Waals surface area (Å²) in [4.78, 5) is 12.3. The zero-order chi connectivity index (χ0) is 17.8. The van der Waals surface area contributed by atoms with Gasteiger partial charge in [-0.3, -0.25) is 4.79 Å². The zero-order valence-corrected chi connectivity index (χ0v) is 16.0. The van der Waals surface area contributed by atoms with Crippen LogP contribution < -0.4 is 0 Å². The van der Waals surface area contributed by atoms with Gasteiger partial charge in [-0.05, 0) is 11.1 Å². The number of benzene rings is 2. The molecule has 2 heterocycles. The summed E-state index contributed by atoms with van der Waals surface area (Å²) in [5.74, 6) is 0.0455. The second-order valence-electron chi connectivity index (χ2n) is 7.79. The van der Waals surface area contributed by atoms with Crippen LogP contribution in [0.15, 0.2) is 65.8 Å². The van der Waals surface area contributed by atoms with E-state index in [0.29, 0.717) is 5.66 Å². The van der Waals surface area contributed by atoms with E-state index in [1.165, 1.54) is 11.1 Å². The highest BCUT2D eigenvalue weighted by molar-refractivity contribution is 7.68. The van der Waals surface area contributed by atoms with Crippen molar-refractivity contribution in [3.8, 4) is 0 Å². The average Bonchev–Trinajstić information content (AvgIpc) is 3.07. The highest BCUT2D eigenvalue weighted by Gasteiger charge is 2.75. The van der Waals surface area contributed by atoms with Crippen molar-refractivity contribution < 1.29 is 4.79 Å². The molecular formula is C21H23N2OP. The van der Waals surface area contributed by atoms with E-state index in [9.17, 15) is 4.79 Å². The van der Waals surface area contributed by atoms with Crippen molar-refractivity contribution in [1.29, 1.82) is 0 Å². The van der Waals surface area contributed by atoms with E-state index in [0.717, 1.165) is 5.71 Å². The molecule has 0 aliphatic carbocycles. The third kappa shape index (κ3) is 2.29. The molecule has 2 atom stereocenters. The summed E-state index contributed by atoms with van der Waals surface area (Å²) >= 11 is 0. The average molecular weight is 350 g/mol. The Kier molecular flexibility index (Phi) is 3.63. The first-order valence-electron chi connectivity index (χ1n) is 8.68. The molecule has 128 valence electrons. The van der Waals surface area contributed by atoms with Gasteiger partial charge in [0.05, 0.1) is 16.5 Å². The maximum atomic E-state index is 12.3. The maximum Gasteiger partial charge on any atom is 0.242 e. The summed E-state index contributed by atoms with van der Waals surface area (Å²) in [6, 6.07) is 21.3. The monoisotopic (exact) mass is 350 g/mol. The number of carbonyl (C=O) groups is 1. The molecule has 0 bridgehead atoms. The molecule has 1 saturated heterocycles. The predicted molar refractivity (Wildman–Crippen MR) is 104 cm³/mol. The second-order valence-corrected chi connectivity index (χ2v) is 10.1. The molecule has 2 aromatic rings. The lowest BCUT2D eigenvalue weighted by molar-refractivity contribution is -0.124. The molecule has 2 aliphatic heterocycles. The predicted octanol–water partition coefficient (Wildman–Crippen LogP) is 4.97. The van der Waals surface area contributed by atoms with Crippen molar-refractivity contribution >= 4 is 19.7 Å². The van der Waals surface area contributed by atoms with Gasteiger partial charge in [-0.2, -0.15) is 5.10 Å².